The first-order valence-corrected chi connectivity index (χ1v) is 10.3. The maximum Gasteiger partial charge on any atom is 0.242 e. The van der Waals surface area contributed by atoms with Crippen LogP contribution in [0.2, 0.25) is 0 Å². The van der Waals surface area contributed by atoms with Gasteiger partial charge in [-0.3, -0.25) is 9.59 Å². The number of amides is 2. The van der Waals surface area contributed by atoms with Gasteiger partial charge in [-0.05, 0) is 55.7 Å². The SMILES string of the molecule is CCNC(=O)C(C)N(Cc1cccc(OC)c1)C(=O)CCc1ccc(OC)c(OC)c1. The molecule has 0 spiro atoms. The van der Waals surface area contributed by atoms with Crippen LogP contribution in [0.25, 0.3) is 0 Å². The summed E-state index contributed by atoms with van der Waals surface area (Å²) in [5.74, 6) is 1.69. The summed E-state index contributed by atoms with van der Waals surface area (Å²) < 4.78 is 15.9. The van der Waals surface area contributed by atoms with E-state index in [4.69, 9.17) is 14.2 Å². The Morgan fingerprint density at radius 3 is 2.35 bits per heavy atom. The van der Waals surface area contributed by atoms with Crippen molar-refractivity contribution in [2.75, 3.05) is 27.9 Å². The number of nitrogens with one attached hydrogen (secondary N) is 1. The van der Waals surface area contributed by atoms with Crippen LogP contribution in [0.15, 0.2) is 42.5 Å². The Morgan fingerprint density at radius 1 is 0.968 bits per heavy atom. The second-order valence-corrected chi connectivity index (χ2v) is 7.13. The van der Waals surface area contributed by atoms with E-state index in [1.165, 1.54) is 0 Å². The maximum atomic E-state index is 13.2. The molecule has 2 amide bonds. The molecule has 2 aromatic rings. The first-order valence-electron chi connectivity index (χ1n) is 10.3. The summed E-state index contributed by atoms with van der Waals surface area (Å²) in [5.41, 5.74) is 1.85. The molecule has 7 heteroatoms. The lowest BCUT2D eigenvalue weighted by Gasteiger charge is -2.29. The van der Waals surface area contributed by atoms with Crippen LogP contribution in [0.1, 0.15) is 31.4 Å². The van der Waals surface area contributed by atoms with E-state index < -0.39 is 6.04 Å². The molecule has 0 aromatic heterocycles. The van der Waals surface area contributed by atoms with Gasteiger partial charge in [-0.2, -0.15) is 0 Å². The topological polar surface area (TPSA) is 77.1 Å². The van der Waals surface area contributed by atoms with Gasteiger partial charge in [0.15, 0.2) is 11.5 Å². The number of nitrogens with zero attached hydrogens (tertiary/aromatic N) is 1. The number of carbonyl (C=O) groups excluding carboxylic acids is 2. The van der Waals surface area contributed by atoms with Crippen LogP contribution in [0, 0.1) is 0 Å². The molecule has 0 saturated heterocycles. The van der Waals surface area contributed by atoms with E-state index in [-0.39, 0.29) is 18.2 Å². The van der Waals surface area contributed by atoms with Crippen LogP contribution in [-0.4, -0.2) is 50.6 Å². The van der Waals surface area contributed by atoms with Crippen LogP contribution >= 0.6 is 0 Å². The first-order chi connectivity index (χ1) is 14.9. The number of aryl methyl sites for hydroxylation is 1. The third kappa shape index (κ3) is 6.64. The predicted molar refractivity (Wildman–Crippen MR) is 120 cm³/mol. The summed E-state index contributed by atoms with van der Waals surface area (Å²) >= 11 is 0. The number of benzene rings is 2. The molecule has 0 fully saturated rings. The number of ether oxygens (including phenoxy) is 3. The van der Waals surface area contributed by atoms with Crippen molar-refractivity contribution >= 4 is 11.8 Å². The molecule has 0 heterocycles. The smallest absolute Gasteiger partial charge is 0.242 e. The molecule has 0 radical (unpaired) electrons. The Hall–Kier alpha value is -3.22. The van der Waals surface area contributed by atoms with Gasteiger partial charge in [-0.15, -0.1) is 0 Å². The van der Waals surface area contributed by atoms with Gasteiger partial charge < -0.3 is 24.4 Å². The number of hydrogen-bond acceptors (Lipinski definition) is 5. The molecule has 0 aliphatic rings. The summed E-state index contributed by atoms with van der Waals surface area (Å²) in [5, 5.41) is 2.80. The normalized spacial score (nSPS) is 11.4. The fraction of sp³-hybridized carbons (Fsp3) is 0.417. The van der Waals surface area contributed by atoms with Crippen LogP contribution in [-0.2, 0) is 22.6 Å². The highest BCUT2D eigenvalue weighted by atomic mass is 16.5. The van der Waals surface area contributed by atoms with Gasteiger partial charge in [0.1, 0.15) is 11.8 Å². The molecular formula is C24H32N2O5. The minimum absolute atomic E-state index is 0.101. The fourth-order valence-electron chi connectivity index (χ4n) is 3.30. The predicted octanol–water partition coefficient (Wildman–Crippen LogP) is 3.20. The Bertz CT molecular complexity index is 884. The lowest BCUT2D eigenvalue weighted by molar-refractivity contribution is -0.140. The van der Waals surface area contributed by atoms with Crippen LogP contribution in [0.4, 0.5) is 0 Å². The molecule has 168 valence electrons. The van der Waals surface area contributed by atoms with Gasteiger partial charge >= 0.3 is 0 Å². The second kappa shape index (κ2) is 11.8. The molecule has 7 nitrogen and oxygen atoms in total. The average molecular weight is 429 g/mol. The fourth-order valence-corrected chi connectivity index (χ4v) is 3.30. The van der Waals surface area contributed by atoms with Crippen LogP contribution in [0.5, 0.6) is 17.2 Å². The van der Waals surface area contributed by atoms with Gasteiger partial charge in [-0.1, -0.05) is 18.2 Å². The maximum absolute atomic E-state index is 13.2. The molecule has 2 rings (SSSR count). The summed E-state index contributed by atoms with van der Waals surface area (Å²) in [4.78, 5) is 27.2. The van der Waals surface area contributed by atoms with Crippen molar-refractivity contribution in [2.24, 2.45) is 0 Å². The van der Waals surface area contributed by atoms with E-state index in [1.54, 1.807) is 33.2 Å². The lowest BCUT2D eigenvalue weighted by Crippen LogP contribution is -2.47. The monoisotopic (exact) mass is 428 g/mol. The third-order valence-corrected chi connectivity index (χ3v) is 5.08. The largest absolute Gasteiger partial charge is 0.497 e. The first kappa shape index (κ1) is 24.1. The Morgan fingerprint density at radius 2 is 1.71 bits per heavy atom. The van der Waals surface area contributed by atoms with Gasteiger partial charge in [0.25, 0.3) is 0 Å². The molecule has 1 unspecified atom stereocenters. The standard InChI is InChI=1S/C24H32N2O5/c1-6-25-24(28)17(2)26(16-19-8-7-9-20(14-19)29-3)23(27)13-11-18-10-12-21(30-4)22(15-18)31-5/h7-10,12,14-15,17H,6,11,13,16H2,1-5H3,(H,25,28). The summed E-state index contributed by atoms with van der Waals surface area (Å²) in [6, 6.07) is 12.5. The number of rotatable bonds is 11. The highest BCUT2D eigenvalue weighted by molar-refractivity contribution is 5.87. The van der Waals surface area contributed by atoms with Crippen LogP contribution < -0.4 is 19.5 Å². The highest BCUT2D eigenvalue weighted by Gasteiger charge is 2.25. The number of methoxy groups -OCH3 is 3. The average Bonchev–Trinajstić information content (AvgIpc) is 2.80. The van der Waals surface area contributed by atoms with E-state index in [2.05, 4.69) is 5.32 Å². The van der Waals surface area contributed by atoms with E-state index >= 15 is 0 Å². The molecule has 0 aliphatic carbocycles. The summed E-state index contributed by atoms with van der Waals surface area (Å²) in [7, 11) is 4.76. The van der Waals surface area contributed by atoms with Gasteiger partial charge in [0, 0.05) is 19.5 Å². The van der Waals surface area contributed by atoms with E-state index in [0.717, 1.165) is 11.1 Å². The van der Waals surface area contributed by atoms with E-state index in [9.17, 15) is 9.59 Å². The Balaban J connectivity index is 2.17. The molecular weight excluding hydrogens is 396 g/mol. The van der Waals surface area contributed by atoms with E-state index in [1.807, 2.05) is 49.4 Å². The van der Waals surface area contributed by atoms with Crippen molar-refractivity contribution in [3.63, 3.8) is 0 Å². The zero-order valence-corrected chi connectivity index (χ0v) is 18.9. The molecule has 0 aliphatic heterocycles. The number of carbonyl (C=O) groups is 2. The number of hydrogen-bond donors (Lipinski definition) is 1. The molecule has 0 saturated carbocycles. The minimum Gasteiger partial charge on any atom is -0.497 e. The van der Waals surface area contributed by atoms with Crippen molar-refractivity contribution in [1.29, 1.82) is 0 Å². The zero-order valence-electron chi connectivity index (χ0n) is 18.9. The van der Waals surface area contributed by atoms with Crippen LogP contribution in [0.3, 0.4) is 0 Å². The van der Waals surface area contributed by atoms with Crippen molar-refractivity contribution in [3.8, 4) is 17.2 Å². The van der Waals surface area contributed by atoms with Crippen molar-refractivity contribution < 1.29 is 23.8 Å². The minimum atomic E-state index is -0.593. The van der Waals surface area contributed by atoms with Crippen molar-refractivity contribution in [3.05, 3.63) is 53.6 Å². The van der Waals surface area contributed by atoms with Gasteiger partial charge in [0.05, 0.1) is 21.3 Å². The molecule has 31 heavy (non-hydrogen) atoms. The third-order valence-electron chi connectivity index (χ3n) is 5.08. The lowest BCUT2D eigenvalue weighted by atomic mass is 10.1. The summed E-state index contributed by atoms with van der Waals surface area (Å²) in [6.45, 7) is 4.44. The molecule has 0 bridgehead atoms. The van der Waals surface area contributed by atoms with Crippen molar-refractivity contribution in [1.82, 2.24) is 10.2 Å². The molecule has 1 atom stereocenters. The van der Waals surface area contributed by atoms with Gasteiger partial charge in [-0.25, -0.2) is 0 Å². The van der Waals surface area contributed by atoms with Crippen molar-refractivity contribution in [2.45, 2.75) is 39.3 Å². The van der Waals surface area contributed by atoms with E-state index in [0.29, 0.717) is 36.8 Å². The van der Waals surface area contributed by atoms with Gasteiger partial charge in [0.2, 0.25) is 11.8 Å². The second-order valence-electron chi connectivity index (χ2n) is 7.13. The Labute approximate surface area is 184 Å². The zero-order chi connectivity index (χ0) is 22.8. The quantitative estimate of drug-likeness (QED) is 0.595. The molecule has 2 aromatic carbocycles. The highest BCUT2D eigenvalue weighted by Crippen LogP contribution is 2.28. The summed E-state index contributed by atoms with van der Waals surface area (Å²) in [6.07, 6.45) is 0.791. The Kier molecular flexibility index (Phi) is 9.18. The number of likely N-dealkylation sites (N-methyl/N-ethyl adjacent to an activating group) is 1. The molecule has 1 N–H and O–H groups in total.